The van der Waals surface area contributed by atoms with Gasteiger partial charge in [0.2, 0.25) is 0 Å². The van der Waals surface area contributed by atoms with Crippen molar-refractivity contribution in [3.63, 3.8) is 0 Å². The van der Waals surface area contributed by atoms with Crippen LogP contribution in [-0.2, 0) is 0 Å². The minimum Gasteiger partial charge on any atom is -0.343 e. The maximum absolute atomic E-state index is 8.68. The highest BCUT2D eigenvalue weighted by Gasteiger charge is 2.16. The fourth-order valence-corrected chi connectivity index (χ4v) is 2.70. The number of aliphatic hydroxyl groups is 3. The highest BCUT2D eigenvalue weighted by molar-refractivity contribution is 5.85. The summed E-state index contributed by atoms with van der Waals surface area (Å²) in [5, 5.41) is 28.9. The third kappa shape index (κ3) is 24.5. The van der Waals surface area contributed by atoms with Gasteiger partial charge in [0.25, 0.3) is 5.97 Å². The molecule has 0 amide bonds. The molecule has 4 nitrogen and oxygen atoms in total. The van der Waals surface area contributed by atoms with Crippen LogP contribution in [0.15, 0.2) is 0 Å². The molecule has 0 atom stereocenters. The molecule has 0 aliphatic carbocycles. The Labute approximate surface area is 149 Å². The predicted molar refractivity (Wildman–Crippen MR) is 99.8 cm³/mol. The molecular weight excluding hydrogens is 314 g/mol. The number of unbranched alkanes of at least 4 members (excludes halogenated alkanes) is 13. The Morgan fingerprint density at radius 1 is 0.609 bits per heavy atom. The highest BCUT2D eigenvalue weighted by atomic mass is 35.5. The quantitative estimate of drug-likeness (QED) is 0.234. The van der Waals surface area contributed by atoms with Gasteiger partial charge < -0.3 is 20.6 Å². The van der Waals surface area contributed by atoms with Crippen molar-refractivity contribution in [2.75, 3.05) is 13.1 Å². The van der Waals surface area contributed by atoms with E-state index in [4.69, 9.17) is 15.3 Å². The van der Waals surface area contributed by atoms with Crippen LogP contribution in [0, 0.1) is 0 Å². The van der Waals surface area contributed by atoms with Crippen LogP contribution in [0.3, 0.4) is 0 Å². The Morgan fingerprint density at radius 2 is 0.957 bits per heavy atom. The lowest BCUT2D eigenvalue weighted by atomic mass is 10.0. The maximum Gasteiger partial charge on any atom is 0.288 e. The molecule has 0 heterocycles. The van der Waals surface area contributed by atoms with E-state index < -0.39 is 5.97 Å². The van der Waals surface area contributed by atoms with Gasteiger partial charge in [0.1, 0.15) is 0 Å². The molecule has 0 fully saturated rings. The number of nitrogens with one attached hydrogen (secondary N) is 1. The molecule has 0 aliphatic rings. The molecule has 0 aromatic rings. The number of hydrogen-bond acceptors (Lipinski definition) is 4. The molecule has 23 heavy (non-hydrogen) atoms. The van der Waals surface area contributed by atoms with Crippen LogP contribution in [0.25, 0.3) is 0 Å². The van der Waals surface area contributed by atoms with E-state index >= 15 is 0 Å². The van der Waals surface area contributed by atoms with Gasteiger partial charge in [-0.25, -0.2) is 0 Å². The number of halogens is 1. The van der Waals surface area contributed by atoms with E-state index in [-0.39, 0.29) is 19.0 Å². The molecule has 4 N–H and O–H groups in total. The zero-order valence-corrected chi connectivity index (χ0v) is 15.9. The normalized spacial score (nSPS) is 11.5. The zero-order valence-electron chi connectivity index (χ0n) is 15.1. The van der Waals surface area contributed by atoms with Gasteiger partial charge in [0.15, 0.2) is 0 Å². The molecule has 0 saturated heterocycles. The molecule has 0 rings (SSSR count). The van der Waals surface area contributed by atoms with Crippen LogP contribution >= 0.6 is 12.4 Å². The van der Waals surface area contributed by atoms with Crippen LogP contribution in [0.1, 0.15) is 96.8 Å². The zero-order chi connectivity index (χ0) is 16.5. The lowest BCUT2D eigenvalue weighted by Gasteiger charge is -2.14. The van der Waals surface area contributed by atoms with Gasteiger partial charge in [0.05, 0.1) is 6.54 Å². The van der Waals surface area contributed by atoms with E-state index in [9.17, 15) is 0 Å². The van der Waals surface area contributed by atoms with Crippen molar-refractivity contribution >= 4 is 12.4 Å². The molecule has 0 saturated carbocycles. The molecular formula is C18H40ClNO3. The Hall–Kier alpha value is 0.130. The summed E-state index contributed by atoms with van der Waals surface area (Å²) in [6.45, 7) is 2.80. The van der Waals surface area contributed by atoms with E-state index in [1.165, 1.54) is 83.5 Å². The third-order valence-corrected chi connectivity index (χ3v) is 4.07. The first kappa shape index (κ1) is 25.4. The van der Waals surface area contributed by atoms with Gasteiger partial charge >= 0.3 is 0 Å². The summed E-state index contributed by atoms with van der Waals surface area (Å²) < 4.78 is 0. The summed E-state index contributed by atoms with van der Waals surface area (Å²) in [4.78, 5) is 0. The SMILES string of the molecule is CCCCCCCCCCCCCCCCNCC(O)(O)O.Cl. The Morgan fingerprint density at radius 3 is 1.30 bits per heavy atom. The smallest absolute Gasteiger partial charge is 0.288 e. The summed E-state index contributed by atoms with van der Waals surface area (Å²) >= 11 is 0. The second-order valence-electron chi connectivity index (χ2n) is 6.55. The standard InChI is InChI=1S/C18H39NO3.ClH/c1-2-3-4-5-6-7-8-9-10-11-12-13-14-15-16-19-17-18(20,21)22;/h19-22H,2-17H2,1H3;1H. The first-order chi connectivity index (χ1) is 10.6. The van der Waals surface area contributed by atoms with E-state index in [1.807, 2.05) is 0 Å². The Bertz CT molecular complexity index is 223. The van der Waals surface area contributed by atoms with E-state index in [0.717, 1.165) is 13.0 Å². The van der Waals surface area contributed by atoms with Gasteiger partial charge in [-0.3, -0.25) is 0 Å². The highest BCUT2D eigenvalue weighted by Crippen LogP contribution is 2.12. The predicted octanol–water partition coefficient (Wildman–Crippen LogP) is 4.11. The van der Waals surface area contributed by atoms with Crippen molar-refractivity contribution in [1.82, 2.24) is 5.32 Å². The Kier molecular flexibility index (Phi) is 20.4. The average Bonchev–Trinajstić information content (AvgIpc) is 2.45. The van der Waals surface area contributed by atoms with Crippen LogP contribution in [0.5, 0.6) is 0 Å². The topological polar surface area (TPSA) is 72.7 Å². The van der Waals surface area contributed by atoms with Crippen molar-refractivity contribution in [2.24, 2.45) is 0 Å². The summed E-state index contributed by atoms with van der Waals surface area (Å²) in [6.07, 6.45) is 18.7. The molecule has 0 unspecified atom stereocenters. The molecule has 0 aromatic heterocycles. The molecule has 0 radical (unpaired) electrons. The minimum absolute atomic E-state index is 0. The van der Waals surface area contributed by atoms with Crippen molar-refractivity contribution < 1.29 is 15.3 Å². The van der Waals surface area contributed by atoms with Crippen LogP contribution < -0.4 is 5.32 Å². The largest absolute Gasteiger partial charge is 0.343 e. The molecule has 0 spiro atoms. The van der Waals surface area contributed by atoms with Gasteiger partial charge in [-0.1, -0.05) is 90.4 Å². The average molecular weight is 354 g/mol. The summed E-state index contributed by atoms with van der Waals surface area (Å²) in [5.74, 6) is -2.57. The van der Waals surface area contributed by atoms with Gasteiger partial charge in [-0.05, 0) is 13.0 Å². The lowest BCUT2D eigenvalue weighted by Crippen LogP contribution is -2.40. The van der Waals surface area contributed by atoms with Crippen molar-refractivity contribution in [3.05, 3.63) is 0 Å². The van der Waals surface area contributed by atoms with Crippen LogP contribution in [0.2, 0.25) is 0 Å². The fourth-order valence-electron chi connectivity index (χ4n) is 2.70. The number of rotatable bonds is 17. The van der Waals surface area contributed by atoms with Crippen molar-refractivity contribution in [3.8, 4) is 0 Å². The van der Waals surface area contributed by atoms with Crippen LogP contribution in [-0.4, -0.2) is 34.4 Å². The van der Waals surface area contributed by atoms with E-state index in [0.29, 0.717) is 0 Å². The molecule has 0 aromatic carbocycles. The van der Waals surface area contributed by atoms with Gasteiger partial charge in [-0.15, -0.1) is 12.4 Å². The lowest BCUT2D eigenvalue weighted by molar-refractivity contribution is -0.306. The second kappa shape index (κ2) is 18.5. The van der Waals surface area contributed by atoms with Gasteiger partial charge in [-0.2, -0.15) is 0 Å². The van der Waals surface area contributed by atoms with E-state index in [1.54, 1.807) is 0 Å². The molecule has 0 bridgehead atoms. The van der Waals surface area contributed by atoms with Crippen molar-refractivity contribution in [1.29, 1.82) is 0 Å². The minimum atomic E-state index is -2.57. The first-order valence-electron chi connectivity index (χ1n) is 9.44. The fraction of sp³-hybridized carbons (Fsp3) is 1.00. The van der Waals surface area contributed by atoms with Crippen molar-refractivity contribution in [2.45, 2.75) is 103 Å². The van der Waals surface area contributed by atoms with E-state index in [2.05, 4.69) is 12.2 Å². The summed E-state index contributed by atoms with van der Waals surface area (Å²) in [5.41, 5.74) is 0. The van der Waals surface area contributed by atoms with Gasteiger partial charge in [0, 0.05) is 0 Å². The monoisotopic (exact) mass is 353 g/mol. The van der Waals surface area contributed by atoms with Crippen LogP contribution in [0.4, 0.5) is 0 Å². The molecule has 142 valence electrons. The summed E-state index contributed by atoms with van der Waals surface area (Å²) in [7, 11) is 0. The third-order valence-electron chi connectivity index (χ3n) is 4.07. The second-order valence-corrected chi connectivity index (χ2v) is 6.55. The number of hydrogen-bond donors (Lipinski definition) is 4. The Balaban J connectivity index is 0. The summed E-state index contributed by atoms with van der Waals surface area (Å²) in [6, 6.07) is 0. The maximum atomic E-state index is 8.68. The molecule has 5 heteroatoms. The molecule has 0 aliphatic heterocycles. The first-order valence-corrected chi connectivity index (χ1v) is 9.44.